The summed E-state index contributed by atoms with van der Waals surface area (Å²) in [4.78, 5) is 0. The first-order valence-electron chi connectivity index (χ1n) is 12.4. The van der Waals surface area contributed by atoms with Gasteiger partial charge >= 0.3 is 0 Å². The van der Waals surface area contributed by atoms with Crippen LogP contribution in [-0.4, -0.2) is 0 Å². The Morgan fingerprint density at radius 2 is 1.79 bits per heavy atom. The van der Waals surface area contributed by atoms with Crippen LogP contribution in [0.15, 0.2) is 48.1 Å². The molecular formula is C29H44. The second kappa shape index (κ2) is 7.28. The first-order valence-corrected chi connectivity index (χ1v) is 12.4. The number of allylic oxidation sites excluding steroid dienone is 5. The van der Waals surface area contributed by atoms with Gasteiger partial charge in [-0.15, -0.1) is 0 Å². The molecule has 4 aliphatic rings. The minimum atomic E-state index is 0.270. The Kier molecular flexibility index (Phi) is 5.32. The van der Waals surface area contributed by atoms with Crippen molar-refractivity contribution in [1.29, 1.82) is 0 Å². The molecule has 3 fully saturated rings. The molecule has 29 heavy (non-hydrogen) atoms. The van der Waals surface area contributed by atoms with Crippen LogP contribution in [0, 0.1) is 34.0 Å². The van der Waals surface area contributed by atoms with E-state index in [9.17, 15) is 0 Å². The minimum Gasteiger partial charge on any atom is -0.0995 e. The zero-order valence-electron chi connectivity index (χ0n) is 19.7. The lowest BCUT2D eigenvalue weighted by Gasteiger charge is -2.62. The van der Waals surface area contributed by atoms with Crippen LogP contribution < -0.4 is 0 Å². The van der Waals surface area contributed by atoms with Gasteiger partial charge in [0.25, 0.3) is 0 Å². The first kappa shape index (κ1) is 21.2. The van der Waals surface area contributed by atoms with Gasteiger partial charge in [-0.3, -0.25) is 0 Å². The molecule has 3 saturated carbocycles. The molecule has 0 bridgehead atoms. The summed E-state index contributed by atoms with van der Waals surface area (Å²) in [7, 11) is 0. The van der Waals surface area contributed by atoms with Crippen molar-refractivity contribution < 1.29 is 0 Å². The highest BCUT2D eigenvalue weighted by Gasteiger charge is 2.66. The van der Waals surface area contributed by atoms with Crippen LogP contribution >= 0.6 is 0 Å². The smallest absolute Gasteiger partial charge is 0.00594 e. The van der Waals surface area contributed by atoms with Gasteiger partial charge in [-0.25, -0.2) is 0 Å². The Morgan fingerprint density at radius 3 is 2.52 bits per heavy atom. The van der Waals surface area contributed by atoms with E-state index in [1.807, 2.05) is 0 Å². The van der Waals surface area contributed by atoms with E-state index in [0.717, 1.165) is 12.3 Å². The zero-order chi connectivity index (χ0) is 21.0. The lowest BCUT2D eigenvalue weighted by molar-refractivity contribution is -0.0709. The maximum atomic E-state index is 4.81. The Balaban J connectivity index is 1.75. The maximum absolute atomic E-state index is 4.81. The average molecular weight is 393 g/mol. The molecule has 0 aliphatic heterocycles. The molecule has 4 rings (SSSR count). The fourth-order valence-corrected chi connectivity index (χ4v) is 8.68. The van der Waals surface area contributed by atoms with E-state index in [-0.39, 0.29) is 5.41 Å². The molecule has 0 heterocycles. The molecule has 160 valence electrons. The molecule has 0 spiro atoms. The Labute approximate surface area is 180 Å². The van der Waals surface area contributed by atoms with Gasteiger partial charge in [-0.05, 0) is 91.8 Å². The van der Waals surface area contributed by atoms with Crippen LogP contribution in [0.25, 0.3) is 0 Å². The van der Waals surface area contributed by atoms with E-state index < -0.39 is 0 Å². The Morgan fingerprint density at radius 1 is 1.03 bits per heavy atom. The Hall–Kier alpha value is -1.04. The highest BCUT2D eigenvalue weighted by Crippen LogP contribution is 2.74. The van der Waals surface area contributed by atoms with E-state index in [1.54, 1.807) is 11.1 Å². The quantitative estimate of drug-likeness (QED) is 0.412. The van der Waals surface area contributed by atoms with Gasteiger partial charge in [0.2, 0.25) is 0 Å². The van der Waals surface area contributed by atoms with Gasteiger partial charge in [-0.1, -0.05) is 88.6 Å². The summed E-state index contributed by atoms with van der Waals surface area (Å²) in [6.07, 6.45) is 16.8. The van der Waals surface area contributed by atoms with Crippen molar-refractivity contribution in [3.8, 4) is 0 Å². The summed E-state index contributed by atoms with van der Waals surface area (Å²) >= 11 is 0. The van der Waals surface area contributed by atoms with Crippen LogP contribution in [-0.2, 0) is 0 Å². The van der Waals surface area contributed by atoms with E-state index in [2.05, 4.69) is 46.9 Å². The summed E-state index contributed by atoms with van der Waals surface area (Å²) in [5.41, 5.74) is 7.11. The molecule has 0 aromatic rings. The summed E-state index contributed by atoms with van der Waals surface area (Å²) in [5.74, 6) is 2.18. The third-order valence-corrected chi connectivity index (χ3v) is 10.4. The molecule has 6 atom stereocenters. The van der Waals surface area contributed by atoms with E-state index in [1.165, 1.54) is 75.4 Å². The SMILES string of the molecule is C=C1/C=C2/CCC3(C)C(C(=C)C[C@@]4(C)C3CC[C@]4(C)C(=C)CC)[C@@H]2CCCCC1. The summed E-state index contributed by atoms with van der Waals surface area (Å²) in [6, 6.07) is 0. The monoisotopic (exact) mass is 392 g/mol. The molecule has 0 nitrogen and oxygen atoms in total. The fraction of sp³-hybridized carbons (Fsp3) is 0.724. The molecular weight excluding hydrogens is 348 g/mol. The van der Waals surface area contributed by atoms with E-state index in [0.29, 0.717) is 22.7 Å². The van der Waals surface area contributed by atoms with Crippen LogP contribution in [0.2, 0.25) is 0 Å². The predicted molar refractivity (Wildman–Crippen MR) is 127 cm³/mol. The fourth-order valence-electron chi connectivity index (χ4n) is 8.68. The summed E-state index contributed by atoms with van der Waals surface area (Å²) in [5, 5.41) is 0. The number of hydrogen-bond donors (Lipinski definition) is 0. The van der Waals surface area contributed by atoms with Gasteiger partial charge < -0.3 is 0 Å². The third-order valence-electron chi connectivity index (χ3n) is 10.4. The van der Waals surface area contributed by atoms with Crippen LogP contribution in [0.1, 0.15) is 98.3 Å². The molecule has 0 heteroatoms. The van der Waals surface area contributed by atoms with Crippen molar-refractivity contribution in [3.63, 3.8) is 0 Å². The van der Waals surface area contributed by atoms with Gasteiger partial charge in [0.05, 0.1) is 0 Å². The number of hydrogen-bond acceptors (Lipinski definition) is 0. The van der Waals surface area contributed by atoms with Crippen molar-refractivity contribution in [2.24, 2.45) is 34.0 Å². The van der Waals surface area contributed by atoms with Crippen molar-refractivity contribution in [1.82, 2.24) is 0 Å². The van der Waals surface area contributed by atoms with Crippen molar-refractivity contribution in [2.75, 3.05) is 0 Å². The van der Waals surface area contributed by atoms with Crippen molar-refractivity contribution in [2.45, 2.75) is 98.3 Å². The van der Waals surface area contributed by atoms with Crippen LogP contribution in [0.5, 0.6) is 0 Å². The average Bonchev–Trinajstić information content (AvgIpc) is 2.98. The van der Waals surface area contributed by atoms with Gasteiger partial charge in [0, 0.05) is 0 Å². The molecule has 0 amide bonds. The maximum Gasteiger partial charge on any atom is -0.00594 e. The van der Waals surface area contributed by atoms with Gasteiger partial charge in [-0.2, -0.15) is 0 Å². The van der Waals surface area contributed by atoms with E-state index in [4.69, 9.17) is 6.58 Å². The Bertz CT molecular complexity index is 750. The standard InChI is InChI=1S/C29H44/c1-8-22(4)28(6)17-15-25-27(5)16-14-23-18-20(2)12-10-9-11-13-24(23)26(27)21(3)19-29(25,28)7/h18,24-26H,2-4,8-17,19H2,1,5-7H3/b23-18-/t24-,25?,26?,27?,28-,29+/m1/s1. The molecule has 0 aromatic carbocycles. The second-order valence-electron chi connectivity index (χ2n) is 11.7. The summed E-state index contributed by atoms with van der Waals surface area (Å²) in [6.45, 7) is 23.9. The molecule has 0 saturated heterocycles. The highest BCUT2D eigenvalue weighted by molar-refractivity contribution is 5.35. The summed E-state index contributed by atoms with van der Waals surface area (Å²) < 4.78 is 0. The molecule has 0 N–H and O–H groups in total. The number of rotatable bonds is 2. The number of fused-ring (bicyclic) bond motifs is 5. The third kappa shape index (κ3) is 2.99. The largest absolute Gasteiger partial charge is 0.0995 e. The topological polar surface area (TPSA) is 0 Å². The van der Waals surface area contributed by atoms with Crippen LogP contribution in [0.3, 0.4) is 0 Å². The highest BCUT2D eigenvalue weighted by atomic mass is 14.7. The minimum absolute atomic E-state index is 0.270. The molecule has 0 radical (unpaired) electrons. The van der Waals surface area contributed by atoms with Crippen molar-refractivity contribution in [3.05, 3.63) is 48.1 Å². The van der Waals surface area contributed by atoms with E-state index >= 15 is 0 Å². The molecule has 4 aliphatic carbocycles. The second-order valence-corrected chi connectivity index (χ2v) is 11.7. The van der Waals surface area contributed by atoms with Gasteiger partial charge in [0.15, 0.2) is 0 Å². The zero-order valence-corrected chi connectivity index (χ0v) is 19.7. The first-order chi connectivity index (χ1) is 13.7. The lowest BCUT2D eigenvalue weighted by Crippen LogP contribution is -2.55. The lowest BCUT2D eigenvalue weighted by atomic mass is 9.42. The van der Waals surface area contributed by atoms with Crippen LogP contribution in [0.4, 0.5) is 0 Å². The van der Waals surface area contributed by atoms with Crippen molar-refractivity contribution >= 4 is 0 Å². The normalized spacial score (nSPS) is 47.0. The van der Waals surface area contributed by atoms with Gasteiger partial charge in [0.1, 0.15) is 0 Å². The molecule has 0 aromatic heterocycles. The predicted octanol–water partition coefficient (Wildman–Crippen LogP) is 8.81. The molecule has 3 unspecified atom stereocenters.